The standard InChI is InChI=1S/C17H26F6O6S2Si2/c1-15(2,3)33(7,8)14-11(28-30(24,25)16(18,19)20)9-10-12(32(4,5)6)13(14)29-31(26,27)17(21,22)23/h9-10H,1-8H3. The van der Waals surface area contributed by atoms with Gasteiger partial charge in [-0.15, -0.1) is 0 Å². The summed E-state index contributed by atoms with van der Waals surface area (Å²) in [6.07, 6.45) is 0. The predicted octanol–water partition coefficient (Wildman–Crippen LogP) is 4.40. The number of halogens is 6. The molecule has 0 N–H and O–H groups in total. The van der Waals surface area contributed by atoms with Crippen molar-refractivity contribution < 1.29 is 51.5 Å². The average Bonchev–Trinajstić information content (AvgIpc) is 2.49. The van der Waals surface area contributed by atoms with Gasteiger partial charge in [0, 0.05) is 5.19 Å². The second-order valence-electron chi connectivity index (χ2n) is 9.91. The van der Waals surface area contributed by atoms with Crippen LogP contribution in [-0.2, 0) is 20.2 Å². The van der Waals surface area contributed by atoms with Gasteiger partial charge in [-0.05, 0) is 16.3 Å². The summed E-state index contributed by atoms with van der Waals surface area (Å²) in [5, 5.41) is -1.16. The number of hydrogen-bond donors (Lipinski definition) is 0. The van der Waals surface area contributed by atoms with Crippen molar-refractivity contribution in [1.82, 2.24) is 0 Å². The largest absolute Gasteiger partial charge is 0.534 e. The molecule has 0 radical (unpaired) electrons. The Morgan fingerprint density at radius 3 is 1.45 bits per heavy atom. The van der Waals surface area contributed by atoms with Gasteiger partial charge in [0.05, 0.1) is 16.1 Å². The van der Waals surface area contributed by atoms with Crippen LogP contribution in [0.4, 0.5) is 26.3 Å². The Balaban J connectivity index is 4.22. The van der Waals surface area contributed by atoms with E-state index in [4.69, 9.17) is 0 Å². The molecule has 0 atom stereocenters. The van der Waals surface area contributed by atoms with Gasteiger partial charge in [0.15, 0.2) is 0 Å². The highest BCUT2D eigenvalue weighted by molar-refractivity contribution is 7.88. The smallest absolute Gasteiger partial charge is 0.376 e. The van der Waals surface area contributed by atoms with Crippen LogP contribution in [0.3, 0.4) is 0 Å². The molecule has 33 heavy (non-hydrogen) atoms. The van der Waals surface area contributed by atoms with E-state index in [0.29, 0.717) is 0 Å². The van der Waals surface area contributed by atoms with Crippen LogP contribution >= 0.6 is 0 Å². The maximum absolute atomic E-state index is 13.2. The first-order valence-electron chi connectivity index (χ1n) is 9.36. The fourth-order valence-corrected chi connectivity index (χ4v) is 7.60. The van der Waals surface area contributed by atoms with Gasteiger partial charge in [-0.25, -0.2) is 0 Å². The lowest BCUT2D eigenvalue weighted by molar-refractivity contribution is -0.0502. The molecule has 192 valence electrons. The molecule has 0 heterocycles. The van der Waals surface area contributed by atoms with Crippen LogP contribution in [0.15, 0.2) is 12.1 Å². The van der Waals surface area contributed by atoms with E-state index in [9.17, 15) is 43.2 Å². The zero-order chi connectivity index (χ0) is 26.6. The van der Waals surface area contributed by atoms with Gasteiger partial charge in [0.1, 0.15) is 11.5 Å². The van der Waals surface area contributed by atoms with Gasteiger partial charge in [-0.1, -0.05) is 59.6 Å². The molecule has 16 heteroatoms. The van der Waals surface area contributed by atoms with Crippen molar-refractivity contribution in [2.24, 2.45) is 0 Å². The summed E-state index contributed by atoms with van der Waals surface area (Å²) >= 11 is 0. The number of hydrogen-bond acceptors (Lipinski definition) is 6. The Hall–Kier alpha value is -1.27. The Bertz CT molecular complexity index is 1110. The molecule has 1 rings (SSSR count). The normalized spacial score (nSPS) is 14.8. The topological polar surface area (TPSA) is 86.7 Å². The highest BCUT2D eigenvalue weighted by Crippen LogP contribution is 2.41. The van der Waals surface area contributed by atoms with Crippen molar-refractivity contribution in [2.75, 3.05) is 0 Å². The van der Waals surface area contributed by atoms with Crippen LogP contribution in [0, 0.1) is 0 Å². The highest BCUT2D eigenvalue weighted by Gasteiger charge is 2.53. The van der Waals surface area contributed by atoms with E-state index in [1.165, 1.54) is 13.1 Å². The zero-order valence-electron chi connectivity index (χ0n) is 19.2. The van der Waals surface area contributed by atoms with Crippen LogP contribution in [0.2, 0.25) is 37.8 Å². The van der Waals surface area contributed by atoms with E-state index >= 15 is 0 Å². The molecule has 0 bridgehead atoms. The van der Waals surface area contributed by atoms with E-state index in [1.807, 2.05) is 0 Å². The Morgan fingerprint density at radius 1 is 0.727 bits per heavy atom. The first-order chi connectivity index (χ1) is 14.2. The summed E-state index contributed by atoms with van der Waals surface area (Å²) < 4.78 is 135. The molecular weight excluding hydrogens is 534 g/mol. The molecule has 1 aromatic rings. The Morgan fingerprint density at radius 2 is 1.12 bits per heavy atom. The quantitative estimate of drug-likeness (QED) is 0.222. The monoisotopic (exact) mass is 560 g/mol. The molecule has 0 aliphatic rings. The molecular formula is C17H26F6O6S2Si2. The minimum absolute atomic E-state index is 0.0481. The van der Waals surface area contributed by atoms with E-state index < -0.39 is 69.1 Å². The van der Waals surface area contributed by atoms with E-state index in [-0.39, 0.29) is 5.19 Å². The molecule has 0 unspecified atom stereocenters. The summed E-state index contributed by atoms with van der Waals surface area (Å²) in [6.45, 7) is 13.0. The summed E-state index contributed by atoms with van der Waals surface area (Å²) in [7, 11) is -18.4. The first-order valence-corrected chi connectivity index (χ1v) is 18.7. The Kier molecular flexibility index (Phi) is 7.61. The zero-order valence-corrected chi connectivity index (χ0v) is 22.8. The second kappa shape index (κ2) is 8.44. The lowest BCUT2D eigenvalue weighted by atomic mass is 10.2. The summed E-state index contributed by atoms with van der Waals surface area (Å²) in [5.74, 6) is -1.75. The van der Waals surface area contributed by atoms with Crippen LogP contribution in [-0.4, -0.2) is 44.0 Å². The fraction of sp³-hybridized carbons (Fsp3) is 0.647. The van der Waals surface area contributed by atoms with Gasteiger partial charge in [0.25, 0.3) is 0 Å². The molecule has 0 spiro atoms. The first kappa shape index (κ1) is 29.8. The lowest BCUT2D eigenvalue weighted by Gasteiger charge is -2.40. The SMILES string of the molecule is CC(C)(C)[Si](C)(C)c1c(OS(=O)(=O)C(F)(F)F)ccc([Si](C)(C)C)c1OS(=O)(=O)C(F)(F)F. The summed E-state index contributed by atoms with van der Waals surface area (Å²) in [4.78, 5) is 0. The minimum atomic E-state index is -6.23. The molecule has 0 fully saturated rings. The average molecular weight is 561 g/mol. The van der Waals surface area contributed by atoms with Gasteiger partial charge >= 0.3 is 31.3 Å². The van der Waals surface area contributed by atoms with Gasteiger partial charge in [-0.2, -0.15) is 43.2 Å². The molecule has 6 nitrogen and oxygen atoms in total. The molecule has 0 aliphatic carbocycles. The maximum Gasteiger partial charge on any atom is 0.534 e. The summed E-state index contributed by atoms with van der Waals surface area (Å²) in [5.41, 5.74) is -11.7. The third kappa shape index (κ3) is 6.06. The molecule has 0 aliphatic heterocycles. The molecule has 1 aromatic carbocycles. The molecule has 0 aromatic heterocycles. The van der Waals surface area contributed by atoms with E-state index in [2.05, 4.69) is 8.37 Å². The van der Waals surface area contributed by atoms with Crippen molar-refractivity contribution in [3.63, 3.8) is 0 Å². The van der Waals surface area contributed by atoms with Gasteiger partial charge in [-0.3, -0.25) is 0 Å². The maximum atomic E-state index is 13.2. The van der Waals surface area contributed by atoms with Crippen molar-refractivity contribution in [3.05, 3.63) is 12.1 Å². The third-order valence-electron chi connectivity index (χ3n) is 5.39. The fourth-order valence-electron chi connectivity index (χ4n) is 2.60. The number of alkyl halides is 6. The minimum Gasteiger partial charge on any atom is -0.376 e. The van der Waals surface area contributed by atoms with E-state index in [0.717, 1.165) is 12.1 Å². The second-order valence-corrected chi connectivity index (χ2v) is 23.3. The predicted molar refractivity (Wildman–Crippen MR) is 117 cm³/mol. The number of benzene rings is 1. The third-order valence-corrected chi connectivity index (χ3v) is 14.8. The van der Waals surface area contributed by atoms with Crippen LogP contribution in [0.5, 0.6) is 11.5 Å². The van der Waals surface area contributed by atoms with Crippen molar-refractivity contribution >= 4 is 46.8 Å². The van der Waals surface area contributed by atoms with Gasteiger partial charge in [0.2, 0.25) is 0 Å². The summed E-state index contributed by atoms with van der Waals surface area (Å²) in [6, 6.07) is 1.95. The molecule has 0 saturated heterocycles. The Labute approximate surface area is 191 Å². The van der Waals surface area contributed by atoms with Crippen LogP contribution in [0.25, 0.3) is 0 Å². The van der Waals surface area contributed by atoms with Gasteiger partial charge < -0.3 is 8.37 Å². The van der Waals surface area contributed by atoms with Crippen molar-refractivity contribution in [1.29, 1.82) is 0 Å². The highest BCUT2D eigenvalue weighted by atomic mass is 32.2. The van der Waals surface area contributed by atoms with Crippen LogP contribution < -0.4 is 18.7 Å². The van der Waals surface area contributed by atoms with E-state index in [1.54, 1.807) is 40.4 Å². The van der Waals surface area contributed by atoms with Crippen LogP contribution in [0.1, 0.15) is 20.8 Å². The van der Waals surface area contributed by atoms with Crippen molar-refractivity contribution in [2.45, 2.75) is 69.6 Å². The lowest BCUT2D eigenvalue weighted by Crippen LogP contribution is -2.54. The molecule has 0 amide bonds. The number of rotatable bonds is 6. The molecule has 0 saturated carbocycles. The van der Waals surface area contributed by atoms with Crippen molar-refractivity contribution in [3.8, 4) is 11.5 Å².